The maximum absolute atomic E-state index is 7.30. The van der Waals surface area contributed by atoms with Gasteiger partial charge in [-0.05, 0) is 71.3 Å². The van der Waals surface area contributed by atoms with Crippen molar-refractivity contribution in [2.24, 2.45) is 5.92 Å². The highest BCUT2D eigenvalue weighted by molar-refractivity contribution is 8.00. The Bertz CT molecular complexity index is 834. The Hall–Kier alpha value is -0.156. The predicted octanol–water partition coefficient (Wildman–Crippen LogP) is 10.8. The van der Waals surface area contributed by atoms with E-state index in [0.717, 1.165) is 56.2 Å². The van der Waals surface area contributed by atoms with Gasteiger partial charge in [0.15, 0.2) is 16.6 Å². The van der Waals surface area contributed by atoms with E-state index in [0.29, 0.717) is 35.8 Å². The van der Waals surface area contributed by atoms with Gasteiger partial charge < -0.3 is 18.3 Å². The van der Waals surface area contributed by atoms with Crippen LogP contribution in [0.1, 0.15) is 107 Å². The zero-order valence-corrected chi connectivity index (χ0v) is 32.0. The summed E-state index contributed by atoms with van der Waals surface area (Å²) in [7, 11) is -3.66. The van der Waals surface area contributed by atoms with Crippen LogP contribution in [0, 0.1) is 5.92 Å². The van der Waals surface area contributed by atoms with Crippen molar-refractivity contribution in [1.82, 2.24) is 0 Å². The summed E-state index contributed by atoms with van der Waals surface area (Å²) in [4.78, 5) is -0.368. The topological polar surface area (TPSA) is 36.9 Å². The van der Waals surface area contributed by atoms with E-state index in [4.69, 9.17) is 18.3 Å². The van der Waals surface area contributed by atoms with Gasteiger partial charge in [-0.1, -0.05) is 106 Å². The maximum atomic E-state index is 7.30. The lowest BCUT2D eigenvalue weighted by Crippen LogP contribution is -2.57. The molecular weight excluding hydrogens is 573 g/mol. The minimum absolute atomic E-state index is 0.111. The van der Waals surface area contributed by atoms with Crippen LogP contribution in [0.25, 0.3) is 0 Å². The van der Waals surface area contributed by atoms with Crippen LogP contribution in [-0.4, -0.2) is 52.7 Å². The molecule has 1 aliphatic heterocycles. The number of hydrogen-bond acceptors (Lipinski definition) is 5. The van der Waals surface area contributed by atoms with Crippen LogP contribution in [-0.2, 0) is 24.9 Å². The Labute approximate surface area is 267 Å². The van der Waals surface area contributed by atoms with Gasteiger partial charge in [-0.2, -0.15) is 0 Å². The van der Waals surface area contributed by atoms with Gasteiger partial charge in [-0.25, -0.2) is 0 Å². The second kappa shape index (κ2) is 18.1. The van der Waals surface area contributed by atoms with E-state index < -0.39 is 16.6 Å². The molecule has 1 heterocycles. The van der Waals surface area contributed by atoms with Gasteiger partial charge in [-0.3, -0.25) is 0 Å². The van der Waals surface area contributed by atoms with Gasteiger partial charge in [0.2, 0.25) is 0 Å². The first-order chi connectivity index (χ1) is 20.0. The summed E-state index contributed by atoms with van der Waals surface area (Å²) in [6, 6.07) is 14.0. The maximum Gasteiger partial charge on any atom is 0.200 e. The Morgan fingerprint density at radius 1 is 0.905 bits per heavy atom. The second-order valence-electron chi connectivity index (χ2n) is 13.6. The average Bonchev–Trinajstić information content (AvgIpc) is 2.96. The highest BCUT2D eigenvalue weighted by Gasteiger charge is 2.51. The molecule has 42 heavy (non-hydrogen) atoms. The third-order valence-electron chi connectivity index (χ3n) is 10.2. The van der Waals surface area contributed by atoms with Crippen molar-refractivity contribution in [3.05, 3.63) is 35.9 Å². The van der Waals surface area contributed by atoms with Crippen LogP contribution in [0.4, 0.5) is 0 Å². The monoisotopic (exact) mass is 638 g/mol. The summed E-state index contributed by atoms with van der Waals surface area (Å²) < 4.78 is 27.8. The lowest BCUT2D eigenvalue weighted by Gasteiger charge is -2.51. The lowest BCUT2D eigenvalue weighted by molar-refractivity contribution is -0.166. The van der Waals surface area contributed by atoms with Crippen LogP contribution < -0.4 is 0 Å². The molecule has 0 aromatic heterocycles. The smallest absolute Gasteiger partial charge is 0.200 e. The molecule has 1 fully saturated rings. The van der Waals surface area contributed by atoms with E-state index in [2.05, 4.69) is 106 Å². The third kappa shape index (κ3) is 9.67. The van der Waals surface area contributed by atoms with Gasteiger partial charge in [0.25, 0.3) is 0 Å². The van der Waals surface area contributed by atoms with E-state index in [1.807, 2.05) is 11.8 Å². The van der Waals surface area contributed by atoms with E-state index in [1.165, 1.54) is 5.56 Å². The molecule has 4 nitrogen and oxygen atoms in total. The average molecular weight is 639 g/mol. The molecule has 244 valence electrons. The largest absolute Gasteiger partial charge is 0.416 e. The Kier molecular flexibility index (Phi) is 16.4. The van der Waals surface area contributed by atoms with Crippen molar-refractivity contribution < 1.29 is 18.3 Å². The zero-order chi connectivity index (χ0) is 31.4. The van der Waals surface area contributed by atoms with E-state index >= 15 is 0 Å². The van der Waals surface area contributed by atoms with Crippen LogP contribution in [0.3, 0.4) is 0 Å². The summed E-state index contributed by atoms with van der Waals surface area (Å²) in [5.74, 6) is 1.47. The van der Waals surface area contributed by atoms with Crippen LogP contribution in [0.15, 0.2) is 30.3 Å². The molecule has 1 aromatic carbocycles. The molecule has 4 atom stereocenters. The zero-order valence-electron chi connectivity index (χ0n) is 29.2. The first-order valence-corrected chi connectivity index (χ1v) is 22.9. The minimum Gasteiger partial charge on any atom is -0.416 e. The van der Waals surface area contributed by atoms with Crippen LogP contribution in [0.5, 0.6) is 0 Å². The van der Waals surface area contributed by atoms with Gasteiger partial charge in [0, 0.05) is 13.0 Å². The molecule has 0 N–H and O–H groups in total. The molecule has 0 unspecified atom stereocenters. The van der Waals surface area contributed by atoms with Crippen molar-refractivity contribution >= 4 is 28.4 Å². The first-order valence-electron chi connectivity index (χ1n) is 17.2. The summed E-state index contributed by atoms with van der Waals surface area (Å²) in [6.07, 6.45) is 4.34. The van der Waals surface area contributed by atoms with Gasteiger partial charge in [-0.15, -0.1) is 11.8 Å². The van der Waals surface area contributed by atoms with Crippen molar-refractivity contribution in [2.45, 2.75) is 160 Å². The van der Waals surface area contributed by atoms with Crippen molar-refractivity contribution in [3.63, 3.8) is 0 Å². The molecule has 0 aliphatic carbocycles. The fraction of sp³-hybridized carbons (Fsp3) is 0.829. The fourth-order valence-corrected chi connectivity index (χ4v) is 17.3. The molecule has 0 radical (unpaired) electrons. The lowest BCUT2D eigenvalue weighted by atomic mass is 9.87. The summed E-state index contributed by atoms with van der Waals surface area (Å²) >= 11 is 1.96. The highest BCUT2D eigenvalue weighted by atomic mass is 32.2. The Balaban J connectivity index is 2.20. The van der Waals surface area contributed by atoms with Crippen LogP contribution in [0.2, 0.25) is 34.8 Å². The van der Waals surface area contributed by atoms with Gasteiger partial charge in [0.05, 0.1) is 25.4 Å². The molecule has 2 rings (SSSR count). The minimum atomic E-state index is -1.85. The summed E-state index contributed by atoms with van der Waals surface area (Å²) in [5, 5.41) is 0. The molecule has 0 saturated carbocycles. The molecule has 1 saturated heterocycles. The van der Waals surface area contributed by atoms with Crippen LogP contribution >= 0.6 is 11.8 Å². The SMILES string of the molecule is CCS[C@]1(CCOCc2ccccc2)O[C@@H](CCCO[Si](C(C)C)(C(C)C)C(C)C)[C@@H](C)C[C@@H]1O[Si](CC)(CC)CC. The Morgan fingerprint density at radius 2 is 1.50 bits per heavy atom. The number of hydrogen-bond donors (Lipinski definition) is 0. The molecule has 0 amide bonds. The molecule has 0 spiro atoms. The molecule has 0 bridgehead atoms. The molecular formula is C35H66O4SSi2. The second-order valence-corrected chi connectivity index (χ2v) is 25.3. The van der Waals surface area contributed by atoms with Crippen molar-refractivity contribution in [2.75, 3.05) is 19.0 Å². The summed E-state index contributed by atoms with van der Waals surface area (Å²) in [6.45, 7) is 28.1. The molecule has 1 aliphatic rings. The number of thioether (sulfide) groups is 1. The Morgan fingerprint density at radius 3 is 2.02 bits per heavy atom. The van der Waals surface area contributed by atoms with Gasteiger partial charge >= 0.3 is 0 Å². The normalized spacial score (nSPS) is 23.8. The quantitative estimate of drug-likeness (QED) is 0.105. The molecule has 1 aromatic rings. The third-order valence-corrected chi connectivity index (χ3v) is 22.3. The number of rotatable bonds is 20. The van der Waals surface area contributed by atoms with E-state index in [1.54, 1.807) is 0 Å². The van der Waals surface area contributed by atoms with Crippen molar-refractivity contribution in [3.8, 4) is 0 Å². The van der Waals surface area contributed by atoms with Crippen molar-refractivity contribution in [1.29, 1.82) is 0 Å². The first kappa shape index (κ1) is 38.0. The highest BCUT2D eigenvalue weighted by Crippen LogP contribution is 2.48. The predicted molar refractivity (Wildman–Crippen MR) is 189 cm³/mol. The fourth-order valence-electron chi connectivity index (χ4n) is 7.58. The standard InChI is InChI=1S/C35H66O4SSi2/c1-12-40-35(23-25-36-27-32-20-17-16-18-21-32)34(39-41(13-2,14-3)15-4)26-31(11)33(38-35)22-19-24-37-42(28(5)6,29(7)8)30(9)10/h16-18,20-21,28-31,33-34H,12-15,19,22-27H2,1-11H3/t31-,33-,34-,35-/m0/s1. The number of ether oxygens (including phenoxy) is 2. The number of benzene rings is 1. The van der Waals surface area contributed by atoms with Gasteiger partial charge in [0.1, 0.15) is 4.93 Å². The van der Waals surface area contributed by atoms with E-state index in [-0.39, 0.29) is 17.1 Å². The summed E-state index contributed by atoms with van der Waals surface area (Å²) in [5.41, 5.74) is 3.07. The molecule has 7 heteroatoms. The van der Waals surface area contributed by atoms with E-state index in [9.17, 15) is 0 Å².